The molecule has 0 bridgehead atoms. The summed E-state index contributed by atoms with van der Waals surface area (Å²) in [4.78, 5) is 14.8. The van der Waals surface area contributed by atoms with Crippen LogP contribution >= 0.6 is 0 Å². The Bertz CT molecular complexity index is 720. The minimum absolute atomic E-state index is 0.00755. The number of benzene rings is 2. The van der Waals surface area contributed by atoms with E-state index in [1.807, 2.05) is 53.4 Å². The minimum Gasteiger partial charge on any atom is -0.497 e. The van der Waals surface area contributed by atoms with Crippen molar-refractivity contribution in [1.29, 1.82) is 0 Å². The lowest BCUT2D eigenvalue weighted by Gasteiger charge is -2.32. The van der Waals surface area contributed by atoms with Crippen LogP contribution < -0.4 is 15.0 Å². The quantitative estimate of drug-likeness (QED) is 0.939. The zero-order valence-electron chi connectivity index (χ0n) is 14.0. The number of methoxy groups -OCH3 is 1. The Morgan fingerprint density at radius 2 is 1.78 bits per heavy atom. The molecule has 0 saturated carbocycles. The number of ether oxygens (including phenoxy) is 1. The van der Waals surface area contributed by atoms with Crippen LogP contribution in [0.3, 0.4) is 0 Å². The number of para-hydroxylation sites is 1. The first-order chi connectivity index (χ1) is 10.9. The molecule has 1 aliphatic rings. The van der Waals surface area contributed by atoms with Crippen molar-refractivity contribution in [2.24, 2.45) is 0 Å². The maximum Gasteiger partial charge on any atom is 0.260 e. The predicted octanol–water partition coefficient (Wildman–Crippen LogP) is 3.74. The Morgan fingerprint density at radius 3 is 2.39 bits per heavy atom. The molecular weight excluding hydrogens is 288 g/mol. The number of rotatable bonds is 3. The summed E-state index contributed by atoms with van der Waals surface area (Å²) >= 11 is 0. The molecule has 0 spiro atoms. The van der Waals surface area contributed by atoms with E-state index in [-0.39, 0.29) is 17.6 Å². The van der Waals surface area contributed by atoms with Gasteiger partial charge in [-0.15, -0.1) is 0 Å². The molecule has 1 heterocycles. The third kappa shape index (κ3) is 2.94. The van der Waals surface area contributed by atoms with Gasteiger partial charge in [-0.25, -0.2) is 0 Å². The number of hydrogen-bond donors (Lipinski definition) is 1. The normalized spacial score (nSPS) is 17.3. The topological polar surface area (TPSA) is 41.6 Å². The van der Waals surface area contributed by atoms with Crippen LogP contribution in [-0.2, 0) is 0 Å². The number of fused-ring (bicyclic) bond motifs is 1. The standard InChI is InChI=1S/C19H22N2O2/c1-19(2,3)20-17-15-11-10-14(23-4)12-16(15)18(22)21(17)13-8-6-5-7-9-13/h5-12,17,20H,1-4H3. The summed E-state index contributed by atoms with van der Waals surface area (Å²) in [5.74, 6) is 0.688. The molecule has 4 nitrogen and oxygen atoms in total. The average molecular weight is 310 g/mol. The molecule has 1 amide bonds. The van der Waals surface area contributed by atoms with E-state index in [2.05, 4.69) is 26.1 Å². The lowest BCUT2D eigenvalue weighted by atomic mass is 10.0. The summed E-state index contributed by atoms with van der Waals surface area (Å²) in [6, 6.07) is 15.4. The van der Waals surface area contributed by atoms with E-state index < -0.39 is 0 Å². The van der Waals surface area contributed by atoms with Crippen LogP contribution in [-0.4, -0.2) is 18.6 Å². The highest BCUT2D eigenvalue weighted by Gasteiger charge is 2.39. The van der Waals surface area contributed by atoms with Crippen molar-refractivity contribution in [3.05, 3.63) is 59.7 Å². The van der Waals surface area contributed by atoms with E-state index in [9.17, 15) is 4.79 Å². The Morgan fingerprint density at radius 1 is 1.09 bits per heavy atom. The molecule has 1 aliphatic heterocycles. The molecule has 0 aliphatic carbocycles. The molecule has 23 heavy (non-hydrogen) atoms. The van der Waals surface area contributed by atoms with Crippen LogP contribution in [0.15, 0.2) is 48.5 Å². The van der Waals surface area contributed by atoms with Crippen LogP contribution in [0.2, 0.25) is 0 Å². The number of nitrogens with zero attached hydrogens (tertiary/aromatic N) is 1. The molecule has 120 valence electrons. The van der Waals surface area contributed by atoms with Gasteiger partial charge in [0.05, 0.1) is 12.7 Å². The van der Waals surface area contributed by atoms with Crippen molar-refractivity contribution >= 4 is 11.6 Å². The van der Waals surface area contributed by atoms with Gasteiger partial charge in [-0.05, 0) is 45.0 Å². The fourth-order valence-corrected chi connectivity index (χ4v) is 2.88. The van der Waals surface area contributed by atoms with Gasteiger partial charge in [0, 0.05) is 16.8 Å². The van der Waals surface area contributed by atoms with E-state index in [1.54, 1.807) is 7.11 Å². The zero-order valence-corrected chi connectivity index (χ0v) is 14.0. The molecule has 0 fully saturated rings. The molecule has 1 unspecified atom stereocenters. The zero-order chi connectivity index (χ0) is 16.6. The van der Waals surface area contributed by atoms with Crippen molar-refractivity contribution in [1.82, 2.24) is 5.32 Å². The summed E-state index contributed by atoms with van der Waals surface area (Å²) in [7, 11) is 1.61. The SMILES string of the molecule is COc1ccc2c(c1)C(=O)N(c1ccccc1)C2NC(C)(C)C. The molecule has 0 radical (unpaired) electrons. The van der Waals surface area contributed by atoms with Gasteiger partial charge in [0.1, 0.15) is 11.9 Å². The second-order valence-corrected chi connectivity index (χ2v) is 6.76. The van der Waals surface area contributed by atoms with Gasteiger partial charge >= 0.3 is 0 Å². The van der Waals surface area contributed by atoms with Crippen LogP contribution in [0.4, 0.5) is 5.69 Å². The molecule has 1 atom stereocenters. The highest BCUT2D eigenvalue weighted by Crippen LogP contribution is 2.38. The van der Waals surface area contributed by atoms with E-state index in [1.165, 1.54) is 0 Å². The fraction of sp³-hybridized carbons (Fsp3) is 0.316. The molecule has 3 rings (SSSR count). The number of carbonyl (C=O) groups is 1. The van der Waals surface area contributed by atoms with E-state index in [4.69, 9.17) is 4.74 Å². The van der Waals surface area contributed by atoms with Crippen LogP contribution in [0.5, 0.6) is 5.75 Å². The third-order valence-electron chi connectivity index (χ3n) is 3.87. The second-order valence-electron chi connectivity index (χ2n) is 6.76. The summed E-state index contributed by atoms with van der Waals surface area (Å²) in [6.07, 6.45) is -0.189. The van der Waals surface area contributed by atoms with Gasteiger partial charge in [-0.2, -0.15) is 0 Å². The molecule has 1 N–H and O–H groups in total. The van der Waals surface area contributed by atoms with Crippen molar-refractivity contribution in [2.45, 2.75) is 32.5 Å². The lowest BCUT2D eigenvalue weighted by molar-refractivity contribution is 0.0985. The Hall–Kier alpha value is -2.33. The number of anilines is 1. The van der Waals surface area contributed by atoms with E-state index in [0.29, 0.717) is 11.3 Å². The van der Waals surface area contributed by atoms with Crippen LogP contribution in [0, 0.1) is 0 Å². The first-order valence-corrected chi connectivity index (χ1v) is 7.75. The highest BCUT2D eigenvalue weighted by atomic mass is 16.5. The second kappa shape index (κ2) is 5.70. The summed E-state index contributed by atoms with van der Waals surface area (Å²) < 4.78 is 5.27. The van der Waals surface area contributed by atoms with Gasteiger partial charge in [0.2, 0.25) is 0 Å². The molecular formula is C19H22N2O2. The molecule has 0 aromatic heterocycles. The number of amides is 1. The monoisotopic (exact) mass is 310 g/mol. The summed E-state index contributed by atoms with van der Waals surface area (Å²) in [6.45, 7) is 6.30. The smallest absolute Gasteiger partial charge is 0.260 e. The number of hydrogen-bond acceptors (Lipinski definition) is 3. The maximum atomic E-state index is 13.0. The lowest BCUT2D eigenvalue weighted by Crippen LogP contribution is -2.45. The third-order valence-corrected chi connectivity index (χ3v) is 3.87. The summed E-state index contributed by atoms with van der Waals surface area (Å²) in [5, 5.41) is 3.56. The fourth-order valence-electron chi connectivity index (χ4n) is 2.88. The highest BCUT2D eigenvalue weighted by molar-refractivity contribution is 6.11. The Balaban J connectivity index is 2.10. The van der Waals surface area contributed by atoms with Crippen molar-refractivity contribution in [3.8, 4) is 5.75 Å². The Kier molecular flexibility index (Phi) is 3.86. The Labute approximate surface area is 137 Å². The number of carbonyl (C=O) groups excluding carboxylic acids is 1. The van der Waals surface area contributed by atoms with E-state index >= 15 is 0 Å². The van der Waals surface area contributed by atoms with Crippen LogP contribution in [0.1, 0.15) is 42.9 Å². The average Bonchev–Trinajstić information content (AvgIpc) is 2.78. The first-order valence-electron chi connectivity index (χ1n) is 7.75. The van der Waals surface area contributed by atoms with Gasteiger partial charge in [0.25, 0.3) is 5.91 Å². The van der Waals surface area contributed by atoms with Crippen molar-refractivity contribution in [3.63, 3.8) is 0 Å². The maximum absolute atomic E-state index is 13.0. The summed E-state index contributed by atoms with van der Waals surface area (Å²) in [5.41, 5.74) is 2.43. The van der Waals surface area contributed by atoms with E-state index in [0.717, 1.165) is 11.3 Å². The largest absolute Gasteiger partial charge is 0.497 e. The van der Waals surface area contributed by atoms with Crippen LogP contribution in [0.25, 0.3) is 0 Å². The molecule has 4 heteroatoms. The minimum atomic E-state index is -0.189. The molecule has 0 saturated heterocycles. The number of nitrogens with one attached hydrogen (secondary N) is 1. The first kappa shape index (κ1) is 15.6. The van der Waals surface area contributed by atoms with Gasteiger partial charge in [-0.3, -0.25) is 15.0 Å². The van der Waals surface area contributed by atoms with Gasteiger partial charge in [0.15, 0.2) is 0 Å². The van der Waals surface area contributed by atoms with Gasteiger partial charge < -0.3 is 4.74 Å². The van der Waals surface area contributed by atoms with Gasteiger partial charge in [-0.1, -0.05) is 24.3 Å². The molecule has 2 aromatic rings. The predicted molar refractivity (Wildman–Crippen MR) is 91.9 cm³/mol. The molecule has 2 aromatic carbocycles. The van der Waals surface area contributed by atoms with Crippen molar-refractivity contribution in [2.75, 3.05) is 12.0 Å². The van der Waals surface area contributed by atoms with Crippen molar-refractivity contribution < 1.29 is 9.53 Å².